The van der Waals surface area contributed by atoms with E-state index in [1.165, 1.54) is 0 Å². The van der Waals surface area contributed by atoms with Crippen molar-refractivity contribution in [1.82, 2.24) is 10.6 Å². The normalized spacial score (nSPS) is 22.8. The van der Waals surface area contributed by atoms with Crippen molar-refractivity contribution in [2.75, 3.05) is 6.54 Å². The van der Waals surface area contributed by atoms with Crippen LogP contribution >= 0.6 is 0 Å². The van der Waals surface area contributed by atoms with Crippen LogP contribution in [0.2, 0.25) is 0 Å². The first kappa shape index (κ1) is 8.34. The Bertz CT molecular complexity index is 83.7. The van der Waals surface area contributed by atoms with E-state index in [1.54, 1.807) is 0 Å². The first-order valence-electron chi connectivity index (χ1n) is 3.54. The maximum atomic E-state index is 3.14. The van der Waals surface area contributed by atoms with Crippen LogP contribution in [0.3, 0.4) is 0 Å². The highest BCUT2D eigenvalue weighted by Gasteiger charge is 1.97. The predicted octanol–water partition coefficient (Wildman–Crippen LogP) is 1.31. The molecule has 0 saturated carbocycles. The second-order valence-corrected chi connectivity index (χ2v) is 1.81. The smallest absolute Gasteiger partial charge is 0.0400 e. The van der Waals surface area contributed by atoms with Gasteiger partial charge in [0.15, 0.2) is 0 Å². The van der Waals surface area contributed by atoms with Crippen LogP contribution in [-0.4, -0.2) is 12.6 Å². The molecule has 2 nitrogen and oxygen atoms in total. The quantitative estimate of drug-likeness (QED) is 0.516. The standard InChI is InChI=1S/C5H10N2.C2H6.H2/c1-5-4-6-2-3-7-5;1-2;/h2-3,5-7H,4H2,1H3;1-2H3;1H/t5-;;/m1../s1. The summed E-state index contributed by atoms with van der Waals surface area (Å²) < 4.78 is 0. The average Bonchev–Trinajstić information content (AvgIpc) is 1.94. The molecule has 1 aliphatic heterocycles. The fourth-order valence-corrected chi connectivity index (χ4v) is 0.575. The Labute approximate surface area is 58.8 Å². The van der Waals surface area contributed by atoms with E-state index in [2.05, 4.69) is 17.6 Å². The van der Waals surface area contributed by atoms with Crippen LogP contribution in [-0.2, 0) is 0 Å². The molecule has 0 saturated heterocycles. The Morgan fingerprint density at radius 2 is 2.11 bits per heavy atom. The average molecular weight is 130 g/mol. The third-order valence-electron chi connectivity index (χ3n) is 1.01. The van der Waals surface area contributed by atoms with Crippen molar-refractivity contribution < 1.29 is 1.43 Å². The van der Waals surface area contributed by atoms with Gasteiger partial charge in [-0.05, 0) is 6.92 Å². The van der Waals surface area contributed by atoms with Crippen LogP contribution in [0.4, 0.5) is 0 Å². The fourth-order valence-electron chi connectivity index (χ4n) is 0.575. The maximum absolute atomic E-state index is 3.14. The summed E-state index contributed by atoms with van der Waals surface area (Å²) in [5.41, 5.74) is 0. The second kappa shape index (κ2) is 5.48. The topological polar surface area (TPSA) is 24.1 Å². The van der Waals surface area contributed by atoms with Crippen molar-refractivity contribution in [1.29, 1.82) is 0 Å². The highest BCUT2D eigenvalue weighted by atomic mass is 15.0. The lowest BCUT2D eigenvalue weighted by atomic mass is 10.3. The minimum absolute atomic E-state index is 0. The molecule has 0 aromatic rings. The minimum atomic E-state index is 0. The van der Waals surface area contributed by atoms with Gasteiger partial charge >= 0.3 is 0 Å². The number of hydrogen-bond acceptors (Lipinski definition) is 2. The zero-order valence-electron chi connectivity index (χ0n) is 6.44. The molecule has 0 unspecified atom stereocenters. The minimum Gasteiger partial charge on any atom is -0.388 e. The molecule has 0 bridgehead atoms. The van der Waals surface area contributed by atoms with Crippen molar-refractivity contribution in [3.05, 3.63) is 12.4 Å². The second-order valence-electron chi connectivity index (χ2n) is 1.81. The summed E-state index contributed by atoms with van der Waals surface area (Å²) in [6.07, 6.45) is 3.84. The summed E-state index contributed by atoms with van der Waals surface area (Å²) in [5.74, 6) is 0. The molecule has 1 aliphatic rings. The van der Waals surface area contributed by atoms with Crippen LogP contribution in [0.25, 0.3) is 0 Å². The summed E-state index contributed by atoms with van der Waals surface area (Å²) >= 11 is 0. The molecular weight excluding hydrogens is 112 g/mol. The van der Waals surface area contributed by atoms with Crippen molar-refractivity contribution in [2.24, 2.45) is 0 Å². The molecule has 1 atom stereocenters. The highest BCUT2D eigenvalue weighted by molar-refractivity contribution is 4.86. The van der Waals surface area contributed by atoms with Crippen molar-refractivity contribution >= 4 is 0 Å². The zero-order valence-corrected chi connectivity index (χ0v) is 6.44. The van der Waals surface area contributed by atoms with Crippen LogP contribution < -0.4 is 10.6 Å². The van der Waals surface area contributed by atoms with Gasteiger partial charge in [-0.15, -0.1) is 0 Å². The molecule has 0 aromatic heterocycles. The first-order chi connectivity index (χ1) is 4.39. The van der Waals surface area contributed by atoms with Gasteiger partial charge in [0, 0.05) is 26.4 Å². The van der Waals surface area contributed by atoms with E-state index in [1.807, 2.05) is 26.2 Å². The lowest BCUT2D eigenvalue weighted by Crippen LogP contribution is -2.35. The van der Waals surface area contributed by atoms with Crippen LogP contribution in [0, 0.1) is 0 Å². The maximum Gasteiger partial charge on any atom is 0.0400 e. The number of rotatable bonds is 0. The number of hydrogen-bond donors (Lipinski definition) is 2. The van der Waals surface area contributed by atoms with E-state index in [0.29, 0.717) is 6.04 Å². The molecule has 0 aliphatic carbocycles. The summed E-state index contributed by atoms with van der Waals surface area (Å²) in [6.45, 7) is 7.17. The SMILES string of the molecule is CC.C[C@@H]1CNC=CN1.[HH]. The van der Waals surface area contributed by atoms with E-state index in [4.69, 9.17) is 0 Å². The van der Waals surface area contributed by atoms with E-state index in [-0.39, 0.29) is 1.43 Å². The molecule has 1 heterocycles. The zero-order chi connectivity index (χ0) is 7.11. The van der Waals surface area contributed by atoms with Crippen LogP contribution in [0.5, 0.6) is 0 Å². The van der Waals surface area contributed by atoms with Gasteiger partial charge in [-0.25, -0.2) is 0 Å². The molecule has 0 radical (unpaired) electrons. The third kappa shape index (κ3) is 3.88. The summed E-state index contributed by atoms with van der Waals surface area (Å²) in [6, 6.07) is 0.588. The van der Waals surface area contributed by atoms with Gasteiger partial charge in [0.2, 0.25) is 0 Å². The number of nitrogens with one attached hydrogen (secondary N) is 2. The molecule has 0 amide bonds. The lowest BCUT2D eigenvalue weighted by Gasteiger charge is -2.15. The third-order valence-corrected chi connectivity index (χ3v) is 1.01. The van der Waals surface area contributed by atoms with Gasteiger partial charge in [-0.3, -0.25) is 0 Å². The van der Waals surface area contributed by atoms with Gasteiger partial charge in [-0.2, -0.15) is 0 Å². The highest BCUT2D eigenvalue weighted by Crippen LogP contribution is 1.82. The Balaban J connectivity index is 0. The van der Waals surface area contributed by atoms with Crippen LogP contribution in [0.15, 0.2) is 12.4 Å². The van der Waals surface area contributed by atoms with Crippen molar-refractivity contribution in [3.63, 3.8) is 0 Å². The van der Waals surface area contributed by atoms with Gasteiger partial charge in [-0.1, -0.05) is 13.8 Å². The molecule has 2 N–H and O–H groups in total. The Morgan fingerprint density at radius 3 is 2.33 bits per heavy atom. The molecule has 56 valence electrons. The largest absolute Gasteiger partial charge is 0.388 e. The summed E-state index contributed by atoms with van der Waals surface area (Å²) in [4.78, 5) is 0. The Hall–Kier alpha value is -0.660. The molecule has 0 fully saturated rings. The van der Waals surface area contributed by atoms with Gasteiger partial charge in [0.25, 0.3) is 0 Å². The summed E-state index contributed by atoms with van der Waals surface area (Å²) in [5, 5.41) is 6.23. The Kier molecular flexibility index (Phi) is 5.07. The molecular formula is C7H18N2. The lowest BCUT2D eigenvalue weighted by molar-refractivity contribution is 0.578. The molecule has 2 heteroatoms. The molecule has 1 rings (SSSR count). The van der Waals surface area contributed by atoms with E-state index in [9.17, 15) is 0 Å². The van der Waals surface area contributed by atoms with Crippen LogP contribution in [0.1, 0.15) is 22.2 Å². The van der Waals surface area contributed by atoms with E-state index in [0.717, 1.165) is 6.54 Å². The van der Waals surface area contributed by atoms with Crippen molar-refractivity contribution in [2.45, 2.75) is 26.8 Å². The summed E-state index contributed by atoms with van der Waals surface area (Å²) in [7, 11) is 0. The molecule has 0 aromatic carbocycles. The molecule has 9 heavy (non-hydrogen) atoms. The molecule has 0 spiro atoms. The van der Waals surface area contributed by atoms with E-state index < -0.39 is 0 Å². The fraction of sp³-hybridized carbons (Fsp3) is 0.714. The Morgan fingerprint density at radius 1 is 1.44 bits per heavy atom. The first-order valence-corrected chi connectivity index (χ1v) is 3.54. The van der Waals surface area contributed by atoms with Gasteiger partial charge in [0.1, 0.15) is 0 Å². The monoisotopic (exact) mass is 130 g/mol. The van der Waals surface area contributed by atoms with E-state index >= 15 is 0 Å². The van der Waals surface area contributed by atoms with Gasteiger partial charge < -0.3 is 10.6 Å². The predicted molar refractivity (Wildman–Crippen MR) is 43.2 cm³/mol. The van der Waals surface area contributed by atoms with Crippen molar-refractivity contribution in [3.8, 4) is 0 Å². The van der Waals surface area contributed by atoms with Gasteiger partial charge in [0.05, 0.1) is 0 Å².